The van der Waals surface area contributed by atoms with E-state index in [2.05, 4.69) is 6.07 Å². The van der Waals surface area contributed by atoms with Gasteiger partial charge in [0.05, 0.1) is 11.5 Å². The number of hydrogen-bond donors (Lipinski definition) is 0. The molecule has 0 aromatic carbocycles. The fourth-order valence-corrected chi connectivity index (χ4v) is 6.64. The molecule has 5 fully saturated rings. The van der Waals surface area contributed by atoms with Crippen molar-refractivity contribution in [2.24, 2.45) is 23.2 Å². The van der Waals surface area contributed by atoms with E-state index in [4.69, 9.17) is 4.74 Å². The van der Waals surface area contributed by atoms with Crippen LogP contribution in [-0.2, 0) is 14.3 Å². The van der Waals surface area contributed by atoms with E-state index in [9.17, 15) is 14.9 Å². The second-order valence-corrected chi connectivity index (χ2v) is 9.43. The lowest BCUT2D eigenvalue weighted by Gasteiger charge is -2.55. The first-order valence-corrected chi connectivity index (χ1v) is 10.3. The number of nitriles is 1. The maximum atomic E-state index is 12.9. The zero-order valence-electron chi connectivity index (χ0n) is 15.8. The average molecular weight is 358 g/mol. The molecular weight excluding hydrogens is 328 g/mol. The molecule has 0 unspecified atom stereocenters. The van der Waals surface area contributed by atoms with E-state index in [0.717, 1.165) is 38.5 Å². The van der Waals surface area contributed by atoms with Crippen LogP contribution in [0.2, 0.25) is 0 Å². The Kier molecular flexibility index (Phi) is 4.49. The second-order valence-electron chi connectivity index (χ2n) is 9.43. The van der Waals surface area contributed by atoms with Crippen molar-refractivity contribution in [1.29, 1.82) is 5.26 Å². The lowest BCUT2D eigenvalue weighted by atomic mass is 9.49. The Hall–Kier alpha value is -1.57. The van der Waals surface area contributed by atoms with Crippen LogP contribution in [0.1, 0.15) is 70.6 Å². The molecule has 0 radical (unpaired) electrons. The standard InChI is InChI=1S/C21H30N2O3/c1-23(21(14-22)5-3-2-4-6-21)18(24)13-26-19(25)20-10-15-7-16(11-20)9-17(8-15)12-20/h15-17H,2-13H2,1H3. The highest BCUT2D eigenvalue weighted by Crippen LogP contribution is 2.60. The van der Waals surface area contributed by atoms with Gasteiger partial charge >= 0.3 is 5.97 Å². The van der Waals surface area contributed by atoms with Crippen molar-refractivity contribution in [3.8, 4) is 6.07 Å². The zero-order valence-corrected chi connectivity index (χ0v) is 15.8. The van der Waals surface area contributed by atoms with Gasteiger partial charge in [-0.15, -0.1) is 0 Å². The van der Waals surface area contributed by atoms with Crippen LogP contribution in [0.3, 0.4) is 0 Å². The molecule has 0 spiro atoms. The SMILES string of the molecule is CN(C(=O)COC(=O)C12CC3CC(CC(C3)C1)C2)C1(C#N)CCCCC1. The van der Waals surface area contributed by atoms with Crippen LogP contribution in [0.4, 0.5) is 0 Å². The molecule has 0 aliphatic heterocycles. The molecule has 0 saturated heterocycles. The molecule has 26 heavy (non-hydrogen) atoms. The highest BCUT2D eigenvalue weighted by atomic mass is 16.5. The Labute approximate surface area is 156 Å². The molecule has 0 atom stereocenters. The number of ether oxygens (including phenoxy) is 1. The first-order valence-electron chi connectivity index (χ1n) is 10.3. The molecule has 0 aromatic rings. The first kappa shape index (κ1) is 17.8. The monoisotopic (exact) mass is 358 g/mol. The summed E-state index contributed by atoms with van der Waals surface area (Å²) in [5.74, 6) is 1.63. The Bertz CT molecular complexity index is 594. The van der Waals surface area contributed by atoms with E-state index < -0.39 is 5.54 Å². The summed E-state index contributed by atoms with van der Waals surface area (Å²) >= 11 is 0. The molecule has 5 aliphatic rings. The Balaban J connectivity index is 1.37. The fraction of sp³-hybridized carbons (Fsp3) is 0.857. The van der Waals surface area contributed by atoms with Gasteiger partial charge in [-0.3, -0.25) is 9.59 Å². The topological polar surface area (TPSA) is 70.4 Å². The summed E-state index contributed by atoms with van der Waals surface area (Å²) in [4.78, 5) is 27.1. The molecule has 5 nitrogen and oxygen atoms in total. The van der Waals surface area contributed by atoms with Crippen LogP contribution >= 0.6 is 0 Å². The van der Waals surface area contributed by atoms with Crippen LogP contribution < -0.4 is 0 Å². The number of carbonyl (C=O) groups is 2. The van der Waals surface area contributed by atoms with Crippen LogP contribution in [0.5, 0.6) is 0 Å². The van der Waals surface area contributed by atoms with Gasteiger partial charge in [0.2, 0.25) is 0 Å². The van der Waals surface area contributed by atoms with Gasteiger partial charge in [-0.2, -0.15) is 5.26 Å². The summed E-state index contributed by atoms with van der Waals surface area (Å²) in [6, 6.07) is 2.36. The molecule has 5 rings (SSSR count). The summed E-state index contributed by atoms with van der Waals surface area (Å²) in [5.41, 5.74) is -1.05. The number of rotatable bonds is 4. The molecule has 0 aromatic heterocycles. The minimum Gasteiger partial charge on any atom is -0.455 e. The predicted octanol–water partition coefficient (Wildman–Crippen LogP) is 3.43. The van der Waals surface area contributed by atoms with E-state index in [1.165, 1.54) is 19.3 Å². The van der Waals surface area contributed by atoms with E-state index in [1.807, 2.05) is 0 Å². The number of nitrogens with zero attached hydrogens (tertiary/aromatic N) is 2. The third-order valence-electron chi connectivity index (χ3n) is 7.70. The quantitative estimate of drug-likeness (QED) is 0.722. The molecule has 5 saturated carbocycles. The van der Waals surface area contributed by atoms with Crippen molar-refractivity contribution in [2.75, 3.05) is 13.7 Å². The van der Waals surface area contributed by atoms with Crippen molar-refractivity contribution in [1.82, 2.24) is 4.90 Å². The number of esters is 1. The highest BCUT2D eigenvalue weighted by molar-refractivity contribution is 5.83. The average Bonchev–Trinajstić information content (AvgIpc) is 2.64. The van der Waals surface area contributed by atoms with E-state index in [1.54, 1.807) is 11.9 Å². The highest BCUT2D eigenvalue weighted by Gasteiger charge is 2.55. The van der Waals surface area contributed by atoms with Gasteiger partial charge in [-0.05, 0) is 69.1 Å². The van der Waals surface area contributed by atoms with Crippen LogP contribution in [-0.4, -0.2) is 36.0 Å². The van der Waals surface area contributed by atoms with Crippen LogP contribution in [0.15, 0.2) is 0 Å². The van der Waals surface area contributed by atoms with Gasteiger partial charge in [-0.25, -0.2) is 0 Å². The lowest BCUT2D eigenvalue weighted by Crippen LogP contribution is -2.53. The van der Waals surface area contributed by atoms with Gasteiger partial charge in [0.15, 0.2) is 6.61 Å². The second kappa shape index (κ2) is 6.55. The van der Waals surface area contributed by atoms with Gasteiger partial charge in [0.25, 0.3) is 5.91 Å². The van der Waals surface area contributed by atoms with E-state index >= 15 is 0 Å². The smallest absolute Gasteiger partial charge is 0.312 e. The van der Waals surface area contributed by atoms with Gasteiger partial charge in [-0.1, -0.05) is 19.3 Å². The van der Waals surface area contributed by atoms with Gasteiger partial charge in [0, 0.05) is 7.05 Å². The fourth-order valence-electron chi connectivity index (χ4n) is 6.64. The van der Waals surface area contributed by atoms with Gasteiger partial charge in [0.1, 0.15) is 5.54 Å². The Morgan fingerprint density at radius 1 is 1.04 bits per heavy atom. The molecule has 1 amide bonds. The summed E-state index contributed by atoms with van der Waals surface area (Å²) < 4.78 is 5.55. The van der Waals surface area contributed by atoms with Crippen molar-refractivity contribution in [2.45, 2.75) is 76.2 Å². The molecule has 4 bridgehead atoms. The van der Waals surface area contributed by atoms with Crippen molar-refractivity contribution in [3.63, 3.8) is 0 Å². The first-order chi connectivity index (χ1) is 12.5. The summed E-state index contributed by atoms with van der Waals surface area (Å²) in [6.45, 7) is -0.222. The van der Waals surface area contributed by atoms with Crippen LogP contribution in [0, 0.1) is 34.5 Å². The Morgan fingerprint density at radius 3 is 2.08 bits per heavy atom. The minimum atomic E-state index is -0.720. The largest absolute Gasteiger partial charge is 0.455 e. The molecule has 0 N–H and O–H groups in total. The number of carbonyl (C=O) groups excluding carboxylic acids is 2. The van der Waals surface area contributed by atoms with Crippen molar-refractivity contribution in [3.05, 3.63) is 0 Å². The maximum Gasteiger partial charge on any atom is 0.312 e. The minimum absolute atomic E-state index is 0.159. The van der Waals surface area contributed by atoms with Crippen LogP contribution in [0.25, 0.3) is 0 Å². The molecular formula is C21H30N2O3. The molecule has 0 heterocycles. The normalized spacial score (nSPS) is 37.0. The molecule has 5 heteroatoms. The molecule has 142 valence electrons. The van der Waals surface area contributed by atoms with Crippen molar-refractivity contribution >= 4 is 11.9 Å². The number of likely N-dealkylation sites (N-methyl/N-ethyl adjacent to an activating group) is 1. The molecule has 5 aliphatic carbocycles. The lowest BCUT2D eigenvalue weighted by molar-refractivity contribution is -0.175. The zero-order chi connectivity index (χ0) is 18.4. The maximum absolute atomic E-state index is 12.9. The summed E-state index contributed by atoms with van der Waals surface area (Å²) in [7, 11) is 1.69. The Morgan fingerprint density at radius 2 is 1.58 bits per heavy atom. The van der Waals surface area contributed by atoms with Gasteiger partial charge < -0.3 is 9.64 Å². The van der Waals surface area contributed by atoms with E-state index in [0.29, 0.717) is 30.6 Å². The summed E-state index contributed by atoms with van der Waals surface area (Å²) in [5, 5.41) is 9.64. The summed E-state index contributed by atoms with van der Waals surface area (Å²) in [6.07, 6.45) is 11.2. The van der Waals surface area contributed by atoms with Crippen molar-refractivity contribution < 1.29 is 14.3 Å². The third-order valence-corrected chi connectivity index (χ3v) is 7.70. The predicted molar refractivity (Wildman–Crippen MR) is 95.8 cm³/mol. The number of amides is 1. The third kappa shape index (κ3) is 2.92. The van der Waals surface area contributed by atoms with E-state index in [-0.39, 0.29) is 23.9 Å². The number of hydrogen-bond acceptors (Lipinski definition) is 4.